The van der Waals surface area contributed by atoms with Gasteiger partial charge in [0.05, 0.1) is 12.0 Å². The van der Waals surface area contributed by atoms with Gasteiger partial charge in [-0.3, -0.25) is 4.79 Å². The van der Waals surface area contributed by atoms with Crippen molar-refractivity contribution in [2.45, 2.75) is 58.4 Å². The number of nitrogens with zero attached hydrogens (tertiary/aromatic N) is 2. The van der Waals surface area contributed by atoms with Crippen LogP contribution in [-0.4, -0.2) is 15.5 Å². The van der Waals surface area contributed by atoms with Crippen LogP contribution in [0.2, 0.25) is 0 Å². The van der Waals surface area contributed by atoms with Crippen LogP contribution in [0.25, 0.3) is 22.7 Å². The number of anilines is 1. The van der Waals surface area contributed by atoms with Gasteiger partial charge in [-0.15, -0.1) is 0 Å². The molecule has 1 saturated carbocycles. The summed E-state index contributed by atoms with van der Waals surface area (Å²) in [5.74, 6) is 1.15. The number of benzene rings is 2. The van der Waals surface area contributed by atoms with E-state index in [0.717, 1.165) is 35.5 Å². The lowest BCUT2D eigenvalue weighted by molar-refractivity contribution is 0.0997. The third-order valence-corrected chi connectivity index (χ3v) is 6.74. The first-order valence-electron chi connectivity index (χ1n) is 12.1. The molecule has 5 nitrogen and oxygen atoms in total. The van der Waals surface area contributed by atoms with Crippen molar-refractivity contribution in [2.75, 3.05) is 5.32 Å². The van der Waals surface area contributed by atoms with Crippen LogP contribution in [0.4, 0.5) is 5.69 Å². The van der Waals surface area contributed by atoms with Gasteiger partial charge >= 0.3 is 0 Å². The van der Waals surface area contributed by atoms with Gasteiger partial charge in [0, 0.05) is 17.3 Å². The molecular weight excluding hydrogens is 422 g/mol. The summed E-state index contributed by atoms with van der Waals surface area (Å²) in [6, 6.07) is 20.4. The summed E-state index contributed by atoms with van der Waals surface area (Å²) >= 11 is 0. The van der Waals surface area contributed by atoms with E-state index in [1.165, 1.54) is 24.0 Å². The summed E-state index contributed by atoms with van der Waals surface area (Å²) in [7, 11) is 0. The number of hydrogen-bond donors (Lipinski definition) is 1. The average Bonchev–Trinajstić information content (AvgIpc) is 3.59. The fourth-order valence-corrected chi connectivity index (χ4v) is 4.72. The number of furan rings is 1. The van der Waals surface area contributed by atoms with E-state index in [1.54, 1.807) is 6.07 Å². The van der Waals surface area contributed by atoms with Crippen molar-refractivity contribution in [1.29, 1.82) is 0 Å². The Labute approximate surface area is 200 Å². The van der Waals surface area contributed by atoms with Gasteiger partial charge in [-0.1, -0.05) is 68.7 Å². The maximum Gasteiger partial charge on any atom is 0.291 e. The van der Waals surface area contributed by atoms with Crippen LogP contribution in [0.15, 0.2) is 71.4 Å². The standard InChI is InChI=1S/C29H31N3O2/c1-19(2)21-12-14-23(15-13-21)31-29(33)26-17-16-25(34-26)28-27(22-10-8-20(3)9-11-22)30-18-32(28)24-6-4-5-7-24/h8-19,24H,4-7H2,1-3H3,(H,31,33). The highest BCUT2D eigenvalue weighted by Crippen LogP contribution is 2.39. The molecule has 4 aromatic rings. The van der Waals surface area contributed by atoms with Crippen LogP contribution in [-0.2, 0) is 0 Å². The topological polar surface area (TPSA) is 60.1 Å². The van der Waals surface area contributed by atoms with Crippen LogP contribution < -0.4 is 5.32 Å². The van der Waals surface area contributed by atoms with E-state index >= 15 is 0 Å². The fourth-order valence-electron chi connectivity index (χ4n) is 4.72. The molecule has 1 amide bonds. The van der Waals surface area contributed by atoms with Crippen LogP contribution in [0.1, 0.15) is 73.2 Å². The molecular formula is C29H31N3O2. The third kappa shape index (κ3) is 4.43. The third-order valence-electron chi connectivity index (χ3n) is 6.74. The summed E-state index contributed by atoms with van der Waals surface area (Å²) in [6.45, 7) is 6.38. The predicted molar refractivity (Wildman–Crippen MR) is 136 cm³/mol. The van der Waals surface area contributed by atoms with E-state index < -0.39 is 0 Å². The Hall–Kier alpha value is -3.60. The van der Waals surface area contributed by atoms with Gasteiger partial charge in [0.2, 0.25) is 0 Å². The second-order valence-corrected chi connectivity index (χ2v) is 9.55. The molecule has 0 radical (unpaired) electrons. The van der Waals surface area contributed by atoms with Gasteiger partial charge in [0.25, 0.3) is 5.91 Å². The number of imidazole rings is 1. The van der Waals surface area contributed by atoms with E-state index in [4.69, 9.17) is 9.40 Å². The number of aryl methyl sites for hydroxylation is 1. The molecule has 1 aliphatic carbocycles. The van der Waals surface area contributed by atoms with Crippen molar-refractivity contribution in [3.8, 4) is 22.7 Å². The zero-order chi connectivity index (χ0) is 23.7. The lowest BCUT2D eigenvalue weighted by Crippen LogP contribution is -2.10. The Bertz CT molecular complexity index is 1270. The summed E-state index contributed by atoms with van der Waals surface area (Å²) in [5.41, 5.74) is 6.07. The van der Waals surface area contributed by atoms with E-state index in [1.807, 2.05) is 36.7 Å². The highest BCUT2D eigenvalue weighted by molar-refractivity contribution is 6.02. The number of aromatic nitrogens is 2. The molecule has 2 aromatic carbocycles. The number of hydrogen-bond acceptors (Lipinski definition) is 3. The largest absolute Gasteiger partial charge is 0.449 e. The molecule has 174 valence electrons. The van der Waals surface area contributed by atoms with E-state index in [2.05, 4.69) is 54.9 Å². The zero-order valence-electron chi connectivity index (χ0n) is 20.0. The highest BCUT2D eigenvalue weighted by atomic mass is 16.4. The van der Waals surface area contributed by atoms with Gasteiger partial charge in [-0.05, 0) is 55.5 Å². The minimum absolute atomic E-state index is 0.257. The Morgan fingerprint density at radius 3 is 2.38 bits per heavy atom. The number of carbonyl (C=O) groups is 1. The van der Waals surface area contributed by atoms with Crippen molar-refractivity contribution in [3.05, 3.63) is 83.9 Å². The Morgan fingerprint density at radius 1 is 1.00 bits per heavy atom. The number of nitrogens with one attached hydrogen (secondary N) is 1. The molecule has 0 aliphatic heterocycles. The normalized spacial score (nSPS) is 14.1. The molecule has 2 aromatic heterocycles. The molecule has 0 spiro atoms. The molecule has 2 heterocycles. The van der Waals surface area contributed by atoms with Crippen molar-refractivity contribution in [1.82, 2.24) is 9.55 Å². The summed E-state index contributed by atoms with van der Waals surface area (Å²) in [4.78, 5) is 17.7. The first-order valence-corrected chi connectivity index (χ1v) is 12.1. The van der Waals surface area contributed by atoms with Gasteiger partial charge < -0.3 is 14.3 Å². The summed E-state index contributed by atoms with van der Waals surface area (Å²) < 4.78 is 8.38. The molecule has 0 atom stereocenters. The molecule has 1 fully saturated rings. The maximum atomic E-state index is 12.9. The van der Waals surface area contributed by atoms with Crippen molar-refractivity contribution in [2.24, 2.45) is 0 Å². The van der Waals surface area contributed by atoms with Crippen molar-refractivity contribution < 1.29 is 9.21 Å². The van der Waals surface area contributed by atoms with Crippen LogP contribution in [0, 0.1) is 6.92 Å². The van der Waals surface area contributed by atoms with Gasteiger partial charge in [0.1, 0.15) is 5.69 Å². The minimum Gasteiger partial charge on any atom is -0.449 e. The predicted octanol–water partition coefficient (Wildman–Crippen LogP) is 7.61. The average molecular weight is 454 g/mol. The zero-order valence-corrected chi connectivity index (χ0v) is 20.0. The van der Waals surface area contributed by atoms with Gasteiger partial charge in [-0.25, -0.2) is 4.98 Å². The number of rotatable bonds is 6. The SMILES string of the molecule is Cc1ccc(-c2ncn(C3CCCC3)c2-c2ccc(C(=O)Nc3ccc(C(C)C)cc3)o2)cc1. The monoisotopic (exact) mass is 453 g/mol. The lowest BCUT2D eigenvalue weighted by atomic mass is 10.0. The molecule has 34 heavy (non-hydrogen) atoms. The lowest BCUT2D eigenvalue weighted by Gasteiger charge is -2.15. The van der Waals surface area contributed by atoms with Crippen molar-refractivity contribution >= 4 is 11.6 Å². The minimum atomic E-state index is -0.257. The van der Waals surface area contributed by atoms with Gasteiger partial charge in [-0.2, -0.15) is 0 Å². The summed E-state index contributed by atoms with van der Waals surface area (Å²) in [6.07, 6.45) is 6.65. The molecule has 0 saturated heterocycles. The first-order chi connectivity index (χ1) is 16.5. The van der Waals surface area contributed by atoms with E-state index in [0.29, 0.717) is 17.7 Å². The van der Waals surface area contributed by atoms with Gasteiger partial charge in [0.15, 0.2) is 11.5 Å². The molecule has 0 unspecified atom stereocenters. The molecule has 0 bridgehead atoms. The first kappa shape index (κ1) is 22.2. The van der Waals surface area contributed by atoms with Crippen LogP contribution in [0.5, 0.6) is 0 Å². The van der Waals surface area contributed by atoms with Crippen LogP contribution >= 0.6 is 0 Å². The number of amides is 1. The quantitative estimate of drug-likeness (QED) is 0.327. The highest BCUT2D eigenvalue weighted by Gasteiger charge is 2.26. The van der Waals surface area contributed by atoms with E-state index in [-0.39, 0.29) is 11.7 Å². The molecule has 5 rings (SSSR count). The van der Waals surface area contributed by atoms with Crippen molar-refractivity contribution in [3.63, 3.8) is 0 Å². The summed E-state index contributed by atoms with van der Waals surface area (Å²) in [5, 5.41) is 2.95. The second kappa shape index (κ2) is 9.34. The Morgan fingerprint density at radius 2 is 1.71 bits per heavy atom. The molecule has 1 aliphatic rings. The Kier molecular flexibility index (Phi) is 6.10. The smallest absolute Gasteiger partial charge is 0.291 e. The fraction of sp³-hybridized carbons (Fsp3) is 0.310. The van der Waals surface area contributed by atoms with E-state index in [9.17, 15) is 4.79 Å². The molecule has 5 heteroatoms. The number of carbonyl (C=O) groups excluding carboxylic acids is 1. The van der Waals surface area contributed by atoms with Crippen LogP contribution in [0.3, 0.4) is 0 Å². The molecule has 1 N–H and O–H groups in total. The Balaban J connectivity index is 1.45. The second-order valence-electron chi connectivity index (χ2n) is 9.55. The maximum absolute atomic E-state index is 12.9.